The molecule has 2 heterocycles. The molecule has 164 valence electrons. The smallest absolute Gasteiger partial charge is 0.328 e. The Morgan fingerprint density at radius 3 is 2.32 bits per heavy atom. The molecule has 1 aromatic heterocycles. The highest BCUT2D eigenvalue weighted by molar-refractivity contribution is 5.95. The molecule has 31 heavy (non-hydrogen) atoms. The lowest BCUT2D eigenvalue weighted by Crippen LogP contribution is -2.58. The first-order valence-electron chi connectivity index (χ1n) is 10.5. The molecule has 1 saturated carbocycles. The van der Waals surface area contributed by atoms with Crippen molar-refractivity contribution >= 4 is 11.8 Å². The van der Waals surface area contributed by atoms with E-state index >= 15 is 0 Å². The number of nitrogens with zero attached hydrogens (tertiary/aromatic N) is 3. The van der Waals surface area contributed by atoms with E-state index in [1.165, 1.54) is 17.0 Å². The number of hydrogen-bond donors (Lipinski definition) is 0. The molecule has 0 N–H and O–H groups in total. The van der Waals surface area contributed by atoms with Crippen molar-refractivity contribution in [2.24, 2.45) is 0 Å². The van der Waals surface area contributed by atoms with Crippen LogP contribution in [-0.4, -0.2) is 39.2 Å². The summed E-state index contributed by atoms with van der Waals surface area (Å²) in [7, 11) is 0. The zero-order valence-electron chi connectivity index (χ0n) is 17.0. The molecule has 1 atom stereocenters. The van der Waals surface area contributed by atoms with Crippen LogP contribution >= 0.6 is 0 Å². The van der Waals surface area contributed by atoms with Gasteiger partial charge in [0.25, 0.3) is 5.91 Å². The second kappa shape index (κ2) is 8.69. The van der Waals surface area contributed by atoms with Crippen LogP contribution in [0.4, 0.5) is 13.2 Å². The number of carbonyl (C=O) groups excluding carboxylic acids is 2. The summed E-state index contributed by atoms with van der Waals surface area (Å²) in [6, 6.07) is 7.40. The average molecular weight is 431 g/mol. The Balaban J connectivity index is 1.62. The summed E-state index contributed by atoms with van der Waals surface area (Å²) in [5.41, 5.74) is 0.395. The minimum Gasteiger partial charge on any atom is -0.328 e. The van der Waals surface area contributed by atoms with Gasteiger partial charge in [0.2, 0.25) is 5.91 Å². The number of carbonyl (C=O) groups is 2. The maximum absolute atomic E-state index is 13.5. The Hall–Kier alpha value is -2.90. The van der Waals surface area contributed by atoms with E-state index in [0.717, 1.165) is 44.2 Å². The van der Waals surface area contributed by atoms with Crippen molar-refractivity contribution in [3.63, 3.8) is 0 Å². The number of alkyl halides is 3. The molecule has 5 nitrogen and oxygen atoms in total. The Labute approximate surface area is 178 Å². The summed E-state index contributed by atoms with van der Waals surface area (Å²) in [5.74, 6) is -0.356. The highest BCUT2D eigenvalue weighted by Crippen LogP contribution is 2.34. The van der Waals surface area contributed by atoms with Gasteiger partial charge in [0.1, 0.15) is 12.6 Å². The van der Waals surface area contributed by atoms with Crippen molar-refractivity contribution in [2.75, 3.05) is 6.54 Å². The Kier molecular flexibility index (Phi) is 5.98. The summed E-state index contributed by atoms with van der Waals surface area (Å²) in [6.07, 6.45) is 3.73. The maximum atomic E-state index is 13.5. The Morgan fingerprint density at radius 1 is 1.00 bits per heavy atom. The fourth-order valence-corrected chi connectivity index (χ4v) is 4.49. The van der Waals surface area contributed by atoms with E-state index in [4.69, 9.17) is 0 Å². The minimum atomic E-state index is -4.42. The third-order valence-electron chi connectivity index (χ3n) is 6.10. The van der Waals surface area contributed by atoms with E-state index < -0.39 is 17.8 Å². The molecule has 0 radical (unpaired) electrons. The summed E-state index contributed by atoms with van der Waals surface area (Å²) < 4.78 is 38.6. The van der Waals surface area contributed by atoms with Crippen LogP contribution < -0.4 is 0 Å². The summed E-state index contributed by atoms with van der Waals surface area (Å²) in [6.45, 7) is 0.0572. The number of halogens is 3. The van der Waals surface area contributed by atoms with Crippen LogP contribution in [0.5, 0.6) is 0 Å². The molecule has 2 aliphatic rings. The average Bonchev–Trinajstić information content (AvgIpc) is 2.77. The third kappa shape index (κ3) is 4.57. The van der Waals surface area contributed by atoms with Crippen LogP contribution in [0.15, 0.2) is 48.8 Å². The molecule has 8 heteroatoms. The number of pyridine rings is 1. The minimum absolute atomic E-state index is 0.000890. The van der Waals surface area contributed by atoms with Crippen LogP contribution in [0.25, 0.3) is 0 Å². The van der Waals surface area contributed by atoms with Crippen LogP contribution in [-0.2, 0) is 22.3 Å². The topological polar surface area (TPSA) is 53.5 Å². The van der Waals surface area contributed by atoms with Crippen molar-refractivity contribution < 1.29 is 22.8 Å². The quantitative estimate of drug-likeness (QED) is 0.724. The highest BCUT2D eigenvalue weighted by Gasteiger charge is 2.43. The lowest BCUT2D eigenvalue weighted by atomic mass is 9.91. The predicted molar refractivity (Wildman–Crippen MR) is 108 cm³/mol. The standard InChI is InChI=1S/C23H24F3N3O2/c24-23(25,26)18-10-8-16(9-11-18)14-29-20(30)15-28(19-6-2-1-3-7-19)22(31)21(29)17-5-4-12-27-13-17/h4-5,8-13,19,21H,1-3,6-7,14-15H2. The Bertz CT molecular complexity index is 925. The van der Waals surface area contributed by atoms with Gasteiger partial charge in [-0.15, -0.1) is 0 Å². The first kappa shape index (κ1) is 21.3. The zero-order valence-corrected chi connectivity index (χ0v) is 17.0. The van der Waals surface area contributed by atoms with Crippen LogP contribution in [0.1, 0.15) is 54.8 Å². The summed E-state index contributed by atoms with van der Waals surface area (Å²) in [4.78, 5) is 33.9. The van der Waals surface area contributed by atoms with E-state index in [9.17, 15) is 22.8 Å². The van der Waals surface area contributed by atoms with Crippen molar-refractivity contribution in [1.29, 1.82) is 0 Å². The van der Waals surface area contributed by atoms with Gasteiger partial charge >= 0.3 is 6.18 Å². The van der Waals surface area contributed by atoms with Gasteiger partial charge in [-0.25, -0.2) is 0 Å². The second-order valence-corrected chi connectivity index (χ2v) is 8.16. The monoisotopic (exact) mass is 431 g/mol. The molecule has 0 bridgehead atoms. The van der Waals surface area contributed by atoms with Gasteiger partial charge in [-0.2, -0.15) is 13.2 Å². The third-order valence-corrected chi connectivity index (χ3v) is 6.10. The fourth-order valence-electron chi connectivity index (χ4n) is 4.49. The van der Waals surface area contributed by atoms with Gasteiger partial charge in [0, 0.05) is 30.5 Å². The molecular weight excluding hydrogens is 407 g/mol. The summed E-state index contributed by atoms with van der Waals surface area (Å²) >= 11 is 0. The number of benzene rings is 1. The molecule has 2 amide bonds. The largest absolute Gasteiger partial charge is 0.416 e. The van der Waals surface area contributed by atoms with E-state index in [1.54, 1.807) is 29.4 Å². The van der Waals surface area contributed by atoms with Crippen molar-refractivity contribution in [3.05, 3.63) is 65.5 Å². The molecular formula is C23H24F3N3O2. The number of piperazine rings is 1. The van der Waals surface area contributed by atoms with Gasteiger partial charge in [-0.1, -0.05) is 37.5 Å². The van der Waals surface area contributed by atoms with Crippen LogP contribution in [0.3, 0.4) is 0 Å². The van der Waals surface area contributed by atoms with Crippen LogP contribution in [0, 0.1) is 0 Å². The second-order valence-electron chi connectivity index (χ2n) is 8.16. The van der Waals surface area contributed by atoms with Gasteiger partial charge in [0.05, 0.1) is 5.56 Å². The SMILES string of the molecule is O=C1C(c2cccnc2)N(Cc2ccc(C(F)(F)F)cc2)C(=O)CN1C1CCCCC1. The van der Waals surface area contributed by atoms with E-state index in [0.29, 0.717) is 11.1 Å². The first-order valence-corrected chi connectivity index (χ1v) is 10.5. The van der Waals surface area contributed by atoms with Crippen LogP contribution in [0.2, 0.25) is 0 Å². The maximum Gasteiger partial charge on any atom is 0.416 e. The lowest BCUT2D eigenvalue weighted by Gasteiger charge is -2.44. The molecule has 1 aliphatic carbocycles. The molecule has 1 aromatic carbocycles. The number of amides is 2. The first-order chi connectivity index (χ1) is 14.8. The van der Waals surface area contributed by atoms with Gasteiger partial charge in [0.15, 0.2) is 0 Å². The van der Waals surface area contributed by atoms with Crippen molar-refractivity contribution in [3.8, 4) is 0 Å². The normalized spacial score (nSPS) is 20.9. The molecule has 1 aliphatic heterocycles. The van der Waals surface area contributed by atoms with Crippen molar-refractivity contribution in [2.45, 2.75) is 56.9 Å². The highest BCUT2D eigenvalue weighted by atomic mass is 19.4. The summed E-state index contributed by atoms with van der Waals surface area (Å²) in [5, 5.41) is 0. The van der Waals surface area contributed by atoms with Crippen molar-refractivity contribution in [1.82, 2.24) is 14.8 Å². The molecule has 0 spiro atoms. The molecule has 2 fully saturated rings. The van der Waals surface area contributed by atoms with Gasteiger partial charge in [-0.05, 0) is 36.6 Å². The number of aromatic nitrogens is 1. The van der Waals surface area contributed by atoms with E-state index in [1.807, 2.05) is 0 Å². The molecule has 2 aromatic rings. The van der Waals surface area contributed by atoms with Gasteiger partial charge in [-0.3, -0.25) is 14.6 Å². The fraction of sp³-hybridized carbons (Fsp3) is 0.435. The van der Waals surface area contributed by atoms with Gasteiger partial charge < -0.3 is 9.80 Å². The molecule has 1 unspecified atom stereocenters. The number of rotatable bonds is 4. The Morgan fingerprint density at radius 2 is 1.71 bits per heavy atom. The van der Waals surface area contributed by atoms with E-state index in [-0.39, 0.29) is 30.9 Å². The van der Waals surface area contributed by atoms with E-state index in [2.05, 4.69) is 4.98 Å². The molecule has 4 rings (SSSR count). The number of hydrogen-bond acceptors (Lipinski definition) is 3. The molecule has 1 saturated heterocycles. The zero-order chi connectivity index (χ0) is 22.0. The predicted octanol–water partition coefficient (Wildman–Crippen LogP) is 4.35. The lowest BCUT2D eigenvalue weighted by molar-refractivity contribution is -0.160.